The number of hydrogen-bond acceptors (Lipinski definition) is 3. The van der Waals surface area contributed by atoms with Crippen LogP contribution >= 0.6 is 0 Å². The fourth-order valence-electron chi connectivity index (χ4n) is 2.43. The van der Waals surface area contributed by atoms with Gasteiger partial charge in [0.05, 0.1) is 0 Å². The van der Waals surface area contributed by atoms with Gasteiger partial charge in [0.2, 0.25) is 5.91 Å². The maximum atomic E-state index is 11.7. The summed E-state index contributed by atoms with van der Waals surface area (Å²) in [5.74, 6) is 0.0812. The van der Waals surface area contributed by atoms with Crippen LogP contribution in [0.15, 0.2) is 0 Å². The summed E-state index contributed by atoms with van der Waals surface area (Å²) in [4.78, 5) is 11.7. The normalized spacial score (nSPS) is 30.2. The molecule has 2 rings (SSSR count). The van der Waals surface area contributed by atoms with Gasteiger partial charge in [0, 0.05) is 19.2 Å². The first-order chi connectivity index (χ1) is 7.86. The molecule has 4 heteroatoms. The SMILES string of the molecule is O=C(NCC[C@H]1CCCN1)C1CCCCO1. The zero-order chi connectivity index (χ0) is 11.2. The molecule has 2 aliphatic rings. The Morgan fingerprint density at radius 2 is 2.25 bits per heavy atom. The molecule has 0 aromatic carbocycles. The zero-order valence-corrected chi connectivity index (χ0v) is 9.84. The van der Waals surface area contributed by atoms with Gasteiger partial charge in [-0.25, -0.2) is 0 Å². The Bertz CT molecular complexity index is 221. The van der Waals surface area contributed by atoms with Crippen molar-refractivity contribution in [3.63, 3.8) is 0 Å². The average Bonchev–Trinajstić information content (AvgIpc) is 2.83. The molecule has 2 aliphatic heterocycles. The first-order valence-electron chi connectivity index (χ1n) is 6.49. The number of hydrogen-bond donors (Lipinski definition) is 2. The highest BCUT2D eigenvalue weighted by Gasteiger charge is 2.21. The van der Waals surface area contributed by atoms with Crippen molar-refractivity contribution in [3.05, 3.63) is 0 Å². The van der Waals surface area contributed by atoms with Gasteiger partial charge in [-0.1, -0.05) is 0 Å². The van der Waals surface area contributed by atoms with Gasteiger partial charge in [0.25, 0.3) is 0 Å². The summed E-state index contributed by atoms with van der Waals surface area (Å²) in [7, 11) is 0. The fourth-order valence-corrected chi connectivity index (χ4v) is 2.43. The molecule has 0 spiro atoms. The molecule has 2 atom stereocenters. The quantitative estimate of drug-likeness (QED) is 0.746. The number of carbonyl (C=O) groups is 1. The number of rotatable bonds is 4. The van der Waals surface area contributed by atoms with Gasteiger partial charge in [-0.2, -0.15) is 0 Å². The zero-order valence-electron chi connectivity index (χ0n) is 9.84. The first-order valence-corrected chi connectivity index (χ1v) is 6.49. The average molecular weight is 226 g/mol. The van der Waals surface area contributed by atoms with E-state index in [1.165, 1.54) is 12.8 Å². The van der Waals surface area contributed by atoms with Gasteiger partial charge in [0.1, 0.15) is 6.10 Å². The van der Waals surface area contributed by atoms with Crippen LogP contribution in [0.4, 0.5) is 0 Å². The Morgan fingerprint density at radius 1 is 1.31 bits per heavy atom. The predicted molar refractivity (Wildman–Crippen MR) is 62.2 cm³/mol. The van der Waals surface area contributed by atoms with Crippen molar-refractivity contribution in [2.45, 2.75) is 50.7 Å². The van der Waals surface area contributed by atoms with E-state index in [1.807, 2.05) is 0 Å². The van der Waals surface area contributed by atoms with Crippen molar-refractivity contribution in [1.82, 2.24) is 10.6 Å². The van der Waals surface area contributed by atoms with Crippen molar-refractivity contribution >= 4 is 5.91 Å². The molecule has 0 bridgehead atoms. The molecule has 2 heterocycles. The van der Waals surface area contributed by atoms with Gasteiger partial charge < -0.3 is 15.4 Å². The Labute approximate surface area is 97.1 Å². The minimum absolute atomic E-state index is 0.0812. The molecule has 1 unspecified atom stereocenters. The molecule has 0 aromatic heterocycles. The van der Waals surface area contributed by atoms with Crippen LogP contribution in [0.5, 0.6) is 0 Å². The lowest BCUT2D eigenvalue weighted by molar-refractivity contribution is -0.135. The molecule has 0 aromatic rings. The van der Waals surface area contributed by atoms with Gasteiger partial charge in [-0.05, 0) is 45.1 Å². The summed E-state index contributed by atoms with van der Waals surface area (Å²) in [6, 6.07) is 0.604. The maximum Gasteiger partial charge on any atom is 0.249 e. The van der Waals surface area contributed by atoms with E-state index in [9.17, 15) is 4.79 Å². The summed E-state index contributed by atoms with van der Waals surface area (Å²) in [6.07, 6.45) is 6.45. The van der Waals surface area contributed by atoms with Crippen LogP contribution in [0, 0.1) is 0 Å². The Kier molecular flexibility index (Phi) is 4.60. The van der Waals surface area contributed by atoms with E-state index in [4.69, 9.17) is 4.74 Å². The molecule has 16 heavy (non-hydrogen) atoms. The fraction of sp³-hybridized carbons (Fsp3) is 0.917. The second kappa shape index (κ2) is 6.21. The van der Waals surface area contributed by atoms with Crippen LogP contribution in [0.3, 0.4) is 0 Å². The Balaban J connectivity index is 1.59. The number of carbonyl (C=O) groups excluding carboxylic acids is 1. The van der Waals surface area contributed by atoms with Gasteiger partial charge in [0.15, 0.2) is 0 Å². The first kappa shape index (κ1) is 11.9. The molecular weight excluding hydrogens is 204 g/mol. The molecule has 92 valence electrons. The van der Waals surface area contributed by atoms with Crippen LogP contribution in [0.1, 0.15) is 38.5 Å². The molecule has 2 saturated heterocycles. The molecule has 2 N–H and O–H groups in total. The van der Waals surface area contributed by atoms with E-state index >= 15 is 0 Å². The topological polar surface area (TPSA) is 50.4 Å². The smallest absolute Gasteiger partial charge is 0.249 e. The van der Waals surface area contributed by atoms with E-state index in [2.05, 4.69) is 10.6 Å². The van der Waals surface area contributed by atoms with Crippen molar-refractivity contribution in [2.24, 2.45) is 0 Å². The minimum Gasteiger partial charge on any atom is -0.368 e. The molecule has 0 saturated carbocycles. The standard InChI is InChI=1S/C12H22N2O2/c15-12(11-5-1-2-9-16-11)14-8-6-10-4-3-7-13-10/h10-11,13H,1-9H2,(H,14,15)/t10-,11?/m1/s1. The van der Waals surface area contributed by atoms with E-state index in [1.54, 1.807) is 0 Å². The monoisotopic (exact) mass is 226 g/mol. The van der Waals surface area contributed by atoms with Crippen LogP contribution in [-0.4, -0.2) is 37.7 Å². The lowest BCUT2D eigenvalue weighted by atomic mass is 10.1. The van der Waals surface area contributed by atoms with Gasteiger partial charge in [-0.3, -0.25) is 4.79 Å². The van der Waals surface area contributed by atoms with Crippen LogP contribution < -0.4 is 10.6 Å². The highest BCUT2D eigenvalue weighted by Crippen LogP contribution is 2.13. The predicted octanol–water partition coefficient (Wildman–Crippen LogP) is 0.814. The lowest BCUT2D eigenvalue weighted by Crippen LogP contribution is -2.40. The molecule has 4 nitrogen and oxygen atoms in total. The minimum atomic E-state index is -0.190. The van der Waals surface area contributed by atoms with Crippen molar-refractivity contribution < 1.29 is 9.53 Å². The van der Waals surface area contributed by atoms with Crippen molar-refractivity contribution in [2.75, 3.05) is 19.7 Å². The maximum absolute atomic E-state index is 11.7. The number of nitrogens with one attached hydrogen (secondary N) is 2. The molecule has 1 amide bonds. The van der Waals surface area contributed by atoms with E-state index in [-0.39, 0.29) is 12.0 Å². The molecule has 2 fully saturated rings. The summed E-state index contributed by atoms with van der Waals surface area (Å²) < 4.78 is 5.43. The molecule has 0 aliphatic carbocycles. The third kappa shape index (κ3) is 3.46. The largest absolute Gasteiger partial charge is 0.368 e. The summed E-state index contributed by atoms with van der Waals surface area (Å²) in [5.41, 5.74) is 0. The number of amides is 1. The Hall–Kier alpha value is -0.610. The van der Waals surface area contributed by atoms with Gasteiger partial charge >= 0.3 is 0 Å². The summed E-state index contributed by atoms with van der Waals surface area (Å²) >= 11 is 0. The van der Waals surface area contributed by atoms with Gasteiger partial charge in [-0.15, -0.1) is 0 Å². The second-order valence-corrected chi connectivity index (χ2v) is 4.73. The highest BCUT2D eigenvalue weighted by molar-refractivity contribution is 5.80. The number of ether oxygens (including phenoxy) is 1. The molecule has 0 radical (unpaired) electrons. The third-order valence-electron chi connectivity index (χ3n) is 3.43. The third-order valence-corrected chi connectivity index (χ3v) is 3.43. The van der Waals surface area contributed by atoms with Crippen LogP contribution in [0.25, 0.3) is 0 Å². The second-order valence-electron chi connectivity index (χ2n) is 4.73. The summed E-state index contributed by atoms with van der Waals surface area (Å²) in [5, 5.41) is 6.40. The van der Waals surface area contributed by atoms with Crippen molar-refractivity contribution in [1.29, 1.82) is 0 Å². The van der Waals surface area contributed by atoms with Crippen LogP contribution in [0.2, 0.25) is 0 Å². The summed E-state index contributed by atoms with van der Waals surface area (Å²) in [6.45, 7) is 2.64. The highest BCUT2D eigenvalue weighted by atomic mass is 16.5. The van der Waals surface area contributed by atoms with Crippen molar-refractivity contribution in [3.8, 4) is 0 Å². The van der Waals surface area contributed by atoms with Crippen LogP contribution in [-0.2, 0) is 9.53 Å². The van der Waals surface area contributed by atoms with E-state index in [0.29, 0.717) is 6.04 Å². The van der Waals surface area contributed by atoms with E-state index < -0.39 is 0 Å². The lowest BCUT2D eigenvalue weighted by Gasteiger charge is -2.22. The Morgan fingerprint density at radius 3 is 2.94 bits per heavy atom. The van der Waals surface area contributed by atoms with E-state index in [0.717, 1.165) is 45.4 Å². The molecular formula is C12H22N2O2.